The third-order valence-corrected chi connectivity index (χ3v) is 5.32. The van der Waals surface area contributed by atoms with Crippen molar-refractivity contribution in [3.8, 4) is 0 Å². The maximum atomic E-state index is 12.8. The first kappa shape index (κ1) is 21.5. The van der Waals surface area contributed by atoms with E-state index in [1.54, 1.807) is 55.5 Å². The van der Waals surface area contributed by atoms with Gasteiger partial charge in [0.05, 0.1) is 12.1 Å². The number of hydrogen-bond acceptors (Lipinski definition) is 4. The summed E-state index contributed by atoms with van der Waals surface area (Å²) in [6, 6.07) is 14.2. The molecule has 3 rings (SSSR count). The number of carbonyl (C=O) groups excluding carboxylic acids is 4. The summed E-state index contributed by atoms with van der Waals surface area (Å²) < 4.78 is 0. The number of imide groups is 2. The molecule has 1 fully saturated rings. The van der Waals surface area contributed by atoms with Crippen LogP contribution in [-0.4, -0.2) is 40.1 Å². The van der Waals surface area contributed by atoms with Crippen LogP contribution in [0.25, 0.3) is 0 Å². The lowest BCUT2D eigenvalue weighted by molar-refractivity contribution is -0.144. The van der Waals surface area contributed by atoms with E-state index in [0.29, 0.717) is 21.9 Å². The Labute approximate surface area is 179 Å². The zero-order valence-electron chi connectivity index (χ0n) is 16.7. The zero-order valence-corrected chi connectivity index (χ0v) is 17.4. The van der Waals surface area contributed by atoms with Gasteiger partial charge in [0, 0.05) is 5.02 Å². The summed E-state index contributed by atoms with van der Waals surface area (Å²) in [5.41, 5.74) is 1.57. The van der Waals surface area contributed by atoms with Crippen LogP contribution in [0.4, 0.5) is 4.79 Å². The third kappa shape index (κ3) is 4.36. The first-order valence-corrected chi connectivity index (χ1v) is 10.00. The van der Waals surface area contributed by atoms with Crippen LogP contribution in [0.1, 0.15) is 43.5 Å². The molecule has 0 saturated carbocycles. The number of rotatable bonds is 7. The highest BCUT2D eigenvalue weighted by molar-refractivity contribution is 6.45. The van der Waals surface area contributed by atoms with Gasteiger partial charge in [0.25, 0.3) is 0 Å². The number of nitrogens with zero attached hydrogens (tertiary/aromatic N) is 2. The van der Waals surface area contributed by atoms with Crippen molar-refractivity contribution in [3.05, 3.63) is 70.7 Å². The van der Waals surface area contributed by atoms with E-state index in [0.717, 1.165) is 10.5 Å². The van der Waals surface area contributed by atoms with Crippen LogP contribution in [0, 0.1) is 0 Å². The van der Waals surface area contributed by atoms with Crippen LogP contribution in [0.15, 0.2) is 54.6 Å². The molecule has 0 radical (unpaired) electrons. The highest BCUT2D eigenvalue weighted by atomic mass is 35.5. The fraction of sp³-hybridized carbons (Fsp3) is 0.273. The van der Waals surface area contributed by atoms with Gasteiger partial charge in [-0.2, -0.15) is 0 Å². The minimum absolute atomic E-state index is 0.308. The number of hydrogen-bond donors (Lipinski definition) is 1. The molecule has 2 atom stereocenters. The summed E-state index contributed by atoms with van der Waals surface area (Å²) in [5.74, 6) is -2.47. The van der Waals surface area contributed by atoms with Crippen LogP contribution >= 0.6 is 11.6 Å². The average molecular weight is 428 g/mol. The van der Waals surface area contributed by atoms with E-state index in [9.17, 15) is 19.2 Å². The van der Waals surface area contributed by atoms with Gasteiger partial charge < -0.3 is 5.32 Å². The molecule has 0 aromatic heterocycles. The Hall–Kier alpha value is -3.19. The van der Waals surface area contributed by atoms with Gasteiger partial charge in [-0.3, -0.25) is 14.4 Å². The molecule has 8 heteroatoms. The summed E-state index contributed by atoms with van der Waals surface area (Å²) in [5, 5.41) is 3.39. The van der Waals surface area contributed by atoms with Gasteiger partial charge in [-0.15, -0.1) is 0 Å². The van der Waals surface area contributed by atoms with Crippen LogP contribution in [0.5, 0.6) is 0 Å². The van der Waals surface area contributed by atoms with E-state index in [2.05, 4.69) is 5.32 Å². The van der Waals surface area contributed by atoms with Gasteiger partial charge in [-0.1, -0.05) is 61.0 Å². The Morgan fingerprint density at radius 3 is 2.20 bits per heavy atom. The maximum absolute atomic E-state index is 12.8. The molecule has 1 aliphatic rings. The molecular formula is C22H22ClN3O4. The van der Waals surface area contributed by atoms with Crippen molar-refractivity contribution in [3.63, 3.8) is 0 Å². The molecule has 7 nitrogen and oxygen atoms in total. The fourth-order valence-electron chi connectivity index (χ4n) is 3.38. The minimum atomic E-state index is -1.00. The second-order valence-corrected chi connectivity index (χ2v) is 7.45. The van der Waals surface area contributed by atoms with Crippen molar-refractivity contribution in [2.45, 2.75) is 32.4 Å². The minimum Gasteiger partial charge on any atom is -0.348 e. The molecule has 2 aromatic carbocycles. The van der Waals surface area contributed by atoms with E-state index >= 15 is 0 Å². The quantitative estimate of drug-likeness (QED) is 0.541. The SMILES string of the molecule is CC[C@H](NC(=O)CN1C(=O)C(=O)N([C@@H](C)c2ccccc2)C1=O)c1ccc(Cl)cc1. The molecule has 1 saturated heterocycles. The molecule has 156 valence electrons. The summed E-state index contributed by atoms with van der Waals surface area (Å²) in [6.07, 6.45) is 0.603. The van der Waals surface area contributed by atoms with Crippen molar-refractivity contribution in [2.75, 3.05) is 6.54 Å². The predicted molar refractivity (Wildman–Crippen MR) is 111 cm³/mol. The Morgan fingerprint density at radius 2 is 1.60 bits per heavy atom. The smallest absolute Gasteiger partial charge is 0.335 e. The highest BCUT2D eigenvalue weighted by Gasteiger charge is 2.47. The molecule has 1 N–H and O–H groups in total. The van der Waals surface area contributed by atoms with Gasteiger partial charge in [-0.05, 0) is 36.6 Å². The van der Waals surface area contributed by atoms with Crippen molar-refractivity contribution >= 4 is 35.4 Å². The average Bonchev–Trinajstić information content (AvgIpc) is 2.96. The van der Waals surface area contributed by atoms with E-state index in [-0.39, 0.29) is 6.04 Å². The fourth-order valence-corrected chi connectivity index (χ4v) is 3.51. The molecule has 1 heterocycles. The van der Waals surface area contributed by atoms with Gasteiger partial charge in [0.2, 0.25) is 5.91 Å². The van der Waals surface area contributed by atoms with E-state index in [1.165, 1.54) is 0 Å². The van der Waals surface area contributed by atoms with Crippen LogP contribution in [0.2, 0.25) is 5.02 Å². The Balaban J connectivity index is 1.70. The Morgan fingerprint density at radius 1 is 0.967 bits per heavy atom. The van der Waals surface area contributed by atoms with Crippen molar-refractivity contribution in [2.24, 2.45) is 0 Å². The number of halogens is 1. The molecule has 1 aliphatic heterocycles. The van der Waals surface area contributed by atoms with Crippen LogP contribution < -0.4 is 5.32 Å². The normalized spacial score (nSPS) is 16.0. The molecule has 0 unspecified atom stereocenters. The predicted octanol–water partition coefficient (Wildman–Crippen LogP) is 3.46. The largest absolute Gasteiger partial charge is 0.348 e. The lowest BCUT2D eigenvalue weighted by atomic mass is 10.0. The Kier molecular flexibility index (Phi) is 6.52. The summed E-state index contributed by atoms with van der Waals surface area (Å²) >= 11 is 5.90. The first-order chi connectivity index (χ1) is 14.3. The molecule has 0 aliphatic carbocycles. The number of carbonyl (C=O) groups is 4. The summed E-state index contributed by atoms with van der Waals surface area (Å²) in [6.45, 7) is 3.04. The zero-order chi connectivity index (χ0) is 21.8. The number of urea groups is 1. The lowest BCUT2D eigenvalue weighted by Gasteiger charge is -2.23. The monoisotopic (exact) mass is 427 g/mol. The van der Waals surface area contributed by atoms with Gasteiger partial charge in [0.15, 0.2) is 0 Å². The van der Waals surface area contributed by atoms with Crippen LogP contribution in [0.3, 0.4) is 0 Å². The maximum Gasteiger partial charge on any atom is 0.335 e. The molecule has 5 amide bonds. The van der Waals surface area contributed by atoms with E-state index in [4.69, 9.17) is 11.6 Å². The number of benzene rings is 2. The van der Waals surface area contributed by atoms with Gasteiger partial charge in [-0.25, -0.2) is 14.6 Å². The molecule has 2 aromatic rings. The van der Waals surface area contributed by atoms with Crippen molar-refractivity contribution < 1.29 is 19.2 Å². The van der Waals surface area contributed by atoms with Crippen LogP contribution in [-0.2, 0) is 14.4 Å². The molecular weight excluding hydrogens is 406 g/mol. The highest BCUT2D eigenvalue weighted by Crippen LogP contribution is 2.26. The third-order valence-electron chi connectivity index (χ3n) is 5.07. The molecule has 30 heavy (non-hydrogen) atoms. The number of amides is 5. The summed E-state index contributed by atoms with van der Waals surface area (Å²) in [4.78, 5) is 51.7. The van der Waals surface area contributed by atoms with E-state index < -0.39 is 36.3 Å². The van der Waals surface area contributed by atoms with Gasteiger partial charge in [0.1, 0.15) is 6.54 Å². The molecule has 0 spiro atoms. The van der Waals surface area contributed by atoms with Crippen molar-refractivity contribution in [1.82, 2.24) is 15.1 Å². The summed E-state index contributed by atoms with van der Waals surface area (Å²) in [7, 11) is 0. The Bertz CT molecular complexity index is 962. The topological polar surface area (TPSA) is 86.8 Å². The standard InChI is InChI=1S/C22H22ClN3O4/c1-3-18(16-9-11-17(23)12-10-16)24-19(27)13-25-20(28)21(29)26(22(25)30)14(2)15-7-5-4-6-8-15/h4-12,14,18H,3,13H2,1-2H3,(H,24,27)/t14-,18-/m0/s1. The van der Waals surface area contributed by atoms with Crippen molar-refractivity contribution in [1.29, 1.82) is 0 Å². The number of nitrogens with one attached hydrogen (secondary N) is 1. The lowest BCUT2D eigenvalue weighted by Crippen LogP contribution is -2.42. The second kappa shape index (κ2) is 9.09. The van der Waals surface area contributed by atoms with E-state index in [1.807, 2.05) is 13.0 Å². The molecule has 0 bridgehead atoms. The first-order valence-electron chi connectivity index (χ1n) is 9.62. The van der Waals surface area contributed by atoms with Gasteiger partial charge >= 0.3 is 17.8 Å². The second-order valence-electron chi connectivity index (χ2n) is 7.02.